The van der Waals surface area contributed by atoms with E-state index in [1.54, 1.807) is 12.4 Å². The molecule has 0 fully saturated rings. The number of nitrogens with zero attached hydrogens (tertiary/aromatic N) is 3. The van der Waals surface area contributed by atoms with Crippen LogP contribution in [-0.2, 0) is 6.54 Å². The first kappa shape index (κ1) is 13.9. The monoisotopic (exact) mass is 238 g/mol. The zero-order valence-electron chi connectivity index (χ0n) is 11.3. The zero-order valence-corrected chi connectivity index (χ0v) is 11.3. The van der Waals surface area contributed by atoms with Crippen molar-refractivity contribution < 1.29 is 4.74 Å². The topological polar surface area (TPSA) is 50.3 Å². The van der Waals surface area contributed by atoms with E-state index in [4.69, 9.17) is 4.74 Å². The van der Waals surface area contributed by atoms with Crippen molar-refractivity contribution in [2.75, 3.05) is 27.7 Å². The fourth-order valence-corrected chi connectivity index (χ4v) is 1.07. The van der Waals surface area contributed by atoms with Crippen molar-refractivity contribution in [3.8, 4) is 5.88 Å². The molecule has 0 aliphatic carbocycles. The Morgan fingerprint density at radius 1 is 1.29 bits per heavy atom. The van der Waals surface area contributed by atoms with Crippen LogP contribution in [0.3, 0.4) is 0 Å². The molecule has 0 aromatic carbocycles. The van der Waals surface area contributed by atoms with Gasteiger partial charge in [0.25, 0.3) is 0 Å². The minimum atomic E-state index is -0.0225. The molecule has 0 spiro atoms. The first-order chi connectivity index (χ1) is 7.95. The number of aromatic nitrogens is 2. The van der Waals surface area contributed by atoms with E-state index in [2.05, 4.69) is 34.0 Å². The standard InChI is InChI=1S/C12H22N4O/c1-12(2,16(4)5)9-17-11-8-14-10(6-13-3)7-15-11/h7-8,13H,6,9H2,1-5H3. The maximum atomic E-state index is 5.63. The van der Waals surface area contributed by atoms with E-state index in [-0.39, 0.29) is 5.54 Å². The molecule has 0 radical (unpaired) electrons. The molecular weight excluding hydrogens is 216 g/mol. The molecule has 0 aliphatic rings. The first-order valence-corrected chi connectivity index (χ1v) is 5.71. The van der Waals surface area contributed by atoms with Gasteiger partial charge in [-0.3, -0.25) is 4.98 Å². The predicted molar refractivity (Wildman–Crippen MR) is 68.1 cm³/mol. The molecule has 5 nitrogen and oxygen atoms in total. The second kappa shape index (κ2) is 5.93. The normalized spacial score (nSPS) is 11.9. The van der Waals surface area contributed by atoms with Gasteiger partial charge >= 0.3 is 0 Å². The number of hydrogen-bond donors (Lipinski definition) is 1. The van der Waals surface area contributed by atoms with Crippen molar-refractivity contribution in [3.63, 3.8) is 0 Å². The van der Waals surface area contributed by atoms with Gasteiger partial charge in [-0.25, -0.2) is 4.98 Å². The van der Waals surface area contributed by atoms with Gasteiger partial charge in [0.1, 0.15) is 6.61 Å². The summed E-state index contributed by atoms with van der Waals surface area (Å²) in [5.41, 5.74) is 0.887. The maximum absolute atomic E-state index is 5.63. The molecule has 1 aromatic rings. The fraction of sp³-hybridized carbons (Fsp3) is 0.667. The molecule has 0 aliphatic heterocycles. The summed E-state index contributed by atoms with van der Waals surface area (Å²) in [6.45, 7) is 5.54. The molecule has 1 aromatic heterocycles. The van der Waals surface area contributed by atoms with Gasteiger partial charge in [-0.2, -0.15) is 0 Å². The van der Waals surface area contributed by atoms with Crippen molar-refractivity contribution in [2.24, 2.45) is 0 Å². The number of ether oxygens (including phenoxy) is 1. The van der Waals surface area contributed by atoms with Gasteiger partial charge in [0.15, 0.2) is 0 Å². The summed E-state index contributed by atoms with van der Waals surface area (Å²) < 4.78 is 5.63. The fourth-order valence-electron chi connectivity index (χ4n) is 1.07. The lowest BCUT2D eigenvalue weighted by Gasteiger charge is -2.31. The van der Waals surface area contributed by atoms with Crippen LogP contribution in [0.5, 0.6) is 5.88 Å². The van der Waals surface area contributed by atoms with E-state index >= 15 is 0 Å². The summed E-state index contributed by atoms with van der Waals surface area (Å²) >= 11 is 0. The first-order valence-electron chi connectivity index (χ1n) is 5.71. The van der Waals surface area contributed by atoms with E-state index in [1.165, 1.54) is 0 Å². The van der Waals surface area contributed by atoms with Crippen LogP contribution in [-0.4, -0.2) is 48.2 Å². The van der Waals surface area contributed by atoms with Gasteiger partial charge in [0, 0.05) is 12.1 Å². The Bertz CT molecular complexity index is 335. The molecule has 0 saturated carbocycles. The van der Waals surface area contributed by atoms with Crippen LogP contribution < -0.4 is 10.1 Å². The zero-order chi connectivity index (χ0) is 12.9. The van der Waals surface area contributed by atoms with E-state index in [1.807, 2.05) is 21.1 Å². The third-order valence-electron chi connectivity index (χ3n) is 2.82. The van der Waals surface area contributed by atoms with E-state index in [0.29, 0.717) is 12.5 Å². The highest BCUT2D eigenvalue weighted by Gasteiger charge is 2.21. The maximum Gasteiger partial charge on any atom is 0.232 e. The quantitative estimate of drug-likeness (QED) is 0.798. The van der Waals surface area contributed by atoms with E-state index in [0.717, 1.165) is 12.2 Å². The highest BCUT2D eigenvalue weighted by atomic mass is 16.5. The third kappa shape index (κ3) is 4.28. The van der Waals surface area contributed by atoms with Crippen LogP contribution in [0, 0.1) is 0 Å². The van der Waals surface area contributed by atoms with Crippen LogP contribution in [0.25, 0.3) is 0 Å². The molecule has 96 valence electrons. The van der Waals surface area contributed by atoms with E-state index < -0.39 is 0 Å². The molecule has 0 atom stereocenters. The molecule has 0 unspecified atom stereocenters. The molecule has 0 amide bonds. The highest BCUT2D eigenvalue weighted by molar-refractivity contribution is 5.07. The molecule has 0 bridgehead atoms. The number of likely N-dealkylation sites (N-methyl/N-ethyl adjacent to an activating group) is 1. The summed E-state index contributed by atoms with van der Waals surface area (Å²) in [5.74, 6) is 0.569. The van der Waals surface area contributed by atoms with Crippen molar-refractivity contribution in [1.82, 2.24) is 20.2 Å². The highest BCUT2D eigenvalue weighted by Crippen LogP contribution is 2.12. The Kier molecular flexibility index (Phi) is 4.84. The molecule has 1 rings (SSSR count). The van der Waals surface area contributed by atoms with Crippen molar-refractivity contribution in [2.45, 2.75) is 25.9 Å². The minimum absolute atomic E-state index is 0.0225. The Labute approximate surface area is 103 Å². The lowest BCUT2D eigenvalue weighted by molar-refractivity contribution is 0.111. The molecule has 0 saturated heterocycles. The van der Waals surface area contributed by atoms with Crippen molar-refractivity contribution in [1.29, 1.82) is 0 Å². The minimum Gasteiger partial charge on any atom is -0.475 e. The summed E-state index contributed by atoms with van der Waals surface area (Å²) in [6.07, 6.45) is 3.40. The van der Waals surface area contributed by atoms with Gasteiger partial charge < -0.3 is 15.0 Å². The largest absolute Gasteiger partial charge is 0.475 e. The van der Waals surface area contributed by atoms with Crippen LogP contribution in [0.1, 0.15) is 19.5 Å². The second-order valence-electron chi connectivity index (χ2n) is 4.87. The van der Waals surface area contributed by atoms with Gasteiger partial charge in [-0.05, 0) is 35.0 Å². The average Bonchev–Trinajstić information content (AvgIpc) is 2.28. The third-order valence-corrected chi connectivity index (χ3v) is 2.82. The summed E-state index contributed by atoms with van der Waals surface area (Å²) in [5, 5.41) is 3.02. The van der Waals surface area contributed by atoms with Gasteiger partial charge in [-0.15, -0.1) is 0 Å². The Morgan fingerprint density at radius 2 is 2.00 bits per heavy atom. The average molecular weight is 238 g/mol. The summed E-state index contributed by atoms with van der Waals surface area (Å²) in [4.78, 5) is 10.6. The van der Waals surface area contributed by atoms with Crippen LogP contribution in [0.4, 0.5) is 0 Å². The predicted octanol–water partition coefficient (Wildman–Crippen LogP) is 0.915. The smallest absolute Gasteiger partial charge is 0.232 e. The Balaban J connectivity index is 2.52. The summed E-state index contributed by atoms with van der Waals surface area (Å²) in [6, 6.07) is 0. The molecular formula is C12H22N4O. The van der Waals surface area contributed by atoms with Crippen LogP contribution >= 0.6 is 0 Å². The van der Waals surface area contributed by atoms with E-state index in [9.17, 15) is 0 Å². The van der Waals surface area contributed by atoms with Crippen molar-refractivity contribution >= 4 is 0 Å². The molecule has 17 heavy (non-hydrogen) atoms. The SMILES string of the molecule is CNCc1cnc(OCC(C)(C)N(C)C)cn1. The lowest BCUT2D eigenvalue weighted by Crippen LogP contribution is -2.43. The van der Waals surface area contributed by atoms with Crippen LogP contribution in [0.2, 0.25) is 0 Å². The van der Waals surface area contributed by atoms with Gasteiger partial charge in [-0.1, -0.05) is 0 Å². The van der Waals surface area contributed by atoms with Gasteiger partial charge in [0.2, 0.25) is 5.88 Å². The Hall–Kier alpha value is -1.20. The molecule has 1 heterocycles. The van der Waals surface area contributed by atoms with Crippen molar-refractivity contribution in [3.05, 3.63) is 18.1 Å². The number of rotatable bonds is 6. The van der Waals surface area contributed by atoms with Crippen LogP contribution in [0.15, 0.2) is 12.4 Å². The lowest BCUT2D eigenvalue weighted by atomic mass is 10.1. The Morgan fingerprint density at radius 3 is 2.47 bits per heavy atom. The second-order valence-corrected chi connectivity index (χ2v) is 4.87. The molecule has 1 N–H and O–H groups in total. The number of hydrogen-bond acceptors (Lipinski definition) is 5. The summed E-state index contributed by atoms with van der Waals surface area (Å²) in [7, 11) is 5.95. The molecule has 5 heteroatoms. The number of nitrogens with one attached hydrogen (secondary N) is 1. The van der Waals surface area contributed by atoms with Gasteiger partial charge in [0.05, 0.1) is 18.1 Å².